The van der Waals surface area contributed by atoms with Gasteiger partial charge in [-0.05, 0) is 42.5 Å². The molecule has 2 aliphatic carbocycles. The smallest absolute Gasteiger partial charge is 0.269 e. The molecule has 2 aliphatic rings. The van der Waals surface area contributed by atoms with Crippen LogP contribution in [0.1, 0.15) is 66.7 Å². The van der Waals surface area contributed by atoms with Crippen molar-refractivity contribution < 1.29 is 14.3 Å². The van der Waals surface area contributed by atoms with Gasteiger partial charge in [-0.15, -0.1) is 0 Å². The van der Waals surface area contributed by atoms with E-state index in [4.69, 9.17) is 4.74 Å². The number of aromatic nitrogens is 2. The Labute approximate surface area is 185 Å². The highest BCUT2D eigenvalue weighted by atomic mass is 16.5. The minimum Gasteiger partial charge on any atom is -0.497 e. The third-order valence-electron chi connectivity index (χ3n) is 7.51. The summed E-state index contributed by atoms with van der Waals surface area (Å²) >= 11 is 0. The summed E-state index contributed by atoms with van der Waals surface area (Å²) in [5, 5.41) is 18.8. The molecule has 2 N–H and O–H groups in total. The molecule has 1 aromatic carbocycles. The van der Waals surface area contributed by atoms with Crippen molar-refractivity contribution in [3.05, 3.63) is 52.6 Å². The number of hydrogen-bond acceptors (Lipinski definition) is 7. The monoisotopic (exact) mass is 430 g/mol. The fraction of sp³-hybridized carbons (Fsp3) is 0.391. The van der Waals surface area contributed by atoms with Gasteiger partial charge in [0.2, 0.25) is 0 Å². The van der Waals surface area contributed by atoms with Gasteiger partial charge in [0.15, 0.2) is 11.4 Å². The van der Waals surface area contributed by atoms with Crippen LogP contribution in [0.2, 0.25) is 0 Å². The molecule has 0 saturated heterocycles. The first-order chi connectivity index (χ1) is 15.2. The highest BCUT2D eigenvalue weighted by Gasteiger charge is 2.73. The number of rotatable bonds is 3. The lowest BCUT2D eigenvalue weighted by Gasteiger charge is -2.39. The van der Waals surface area contributed by atoms with Crippen molar-refractivity contribution in [1.82, 2.24) is 20.8 Å². The van der Waals surface area contributed by atoms with Crippen LogP contribution in [0.5, 0.6) is 5.75 Å². The number of benzene rings is 1. The standard InChI is InChI=1S/C23H22N6O3/c1-21(2)22(3)9-10-23(21,18-17(22)26-15(11-24)16(12-25)27-18)20(31)29-28-19(30)13-5-7-14(32-4)8-6-13/h5-8H,9-10H2,1-4H3,(H,28,30)(H,29,31). The lowest BCUT2D eigenvalue weighted by molar-refractivity contribution is -0.131. The molecule has 2 atom stereocenters. The molecule has 2 aromatic rings. The fourth-order valence-corrected chi connectivity index (χ4v) is 5.18. The summed E-state index contributed by atoms with van der Waals surface area (Å²) in [6.45, 7) is 5.93. The molecule has 1 aromatic heterocycles. The number of nitriles is 2. The number of carbonyl (C=O) groups excluding carboxylic acids is 2. The summed E-state index contributed by atoms with van der Waals surface area (Å²) in [7, 11) is 1.53. The molecule has 9 heteroatoms. The predicted molar refractivity (Wildman–Crippen MR) is 112 cm³/mol. The Balaban J connectivity index is 1.68. The third-order valence-corrected chi connectivity index (χ3v) is 7.51. The Morgan fingerprint density at radius 2 is 1.56 bits per heavy atom. The van der Waals surface area contributed by atoms with Gasteiger partial charge in [0.1, 0.15) is 23.3 Å². The van der Waals surface area contributed by atoms with Gasteiger partial charge in [0.25, 0.3) is 11.8 Å². The number of nitrogens with zero attached hydrogens (tertiary/aromatic N) is 4. The van der Waals surface area contributed by atoms with Crippen LogP contribution in [0.25, 0.3) is 0 Å². The molecule has 2 bridgehead atoms. The second-order valence-corrected chi connectivity index (χ2v) is 8.84. The van der Waals surface area contributed by atoms with Crippen LogP contribution in [-0.2, 0) is 15.6 Å². The quantitative estimate of drug-likeness (QED) is 0.710. The third kappa shape index (κ3) is 2.54. The first kappa shape index (κ1) is 21.3. The van der Waals surface area contributed by atoms with Gasteiger partial charge in [-0.25, -0.2) is 9.97 Å². The maximum atomic E-state index is 13.6. The summed E-state index contributed by atoms with van der Waals surface area (Å²) in [6.07, 6.45) is 1.15. The van der Waals surface area contributed by atoms with Crippen LogP contribution in [0.15, 0.2) is 24.3 Å². The van der Waals surface area contributed by atoms with Gasteiger partial charge in [-0.2, -0.15) is 10.5 Å². The highest BCUT2D eigenvalue weighted by molar-refractivity contribution is 5.98. The van der Waals surface area contributed by atoms with Crippen molar-refractivity contribution in [2.45, 2.75) is 44.4 Å². The normalized spacial score (nSPS) is 24.1. The summed E-state index contributed by atoms with van der Waals surface area (Å²) < 4.78 is 5.09. The summed E-state index contributed by atoms with van der Waals surface area (Å²) in [5.41, 5.74) is 4.01. The molecule has 0 radical (unpaired) electrons. The summed E-state index contributed by atoms with van der Waals surface area (Å²) in [5.74, 6) is -0.282. The molecule has 2 amide bonds. The molecule has 1 heterocycles. The van der Waals surface area contributed by atoms with Gasteiger partial charge in [-0.3, -0.25) is 20.4 Å². The molecule has 9 nitrogen and oxygen atoms in total. The zero-order valence-corrected chi connectivity index (χ0v) is 18.2. The molecule has 32 heavy (non-hydrogen) atoms. The molecule has 1 fully saturated rings. The molecule has 0 aliphatic heterocycles. The molecule has 2 unspecified atom stereocenters. The molecular formula is C23H22N6O3. The van der Waals surface area contributed by atoms with E-state index in [1.54, 1.807) is 24.3 Å². The Morgan fingerprint density at radius 1 is 0.969 bits per heavy atom. The van der Waals surface area contributed by atoms with Gasteiger partial charge in [-0.1, -0.05) is 20.8 Å². The van der Waals surface area contributed by atoms with Gasteiger partial charge in [0.05, 0.1) is 18.5 Å². The van der Waals surface area contributed by atoms with Crippen molar-refractivity contribution in [2.24, 2.45) is 5.41 Å². The molecule has 4 rings (SSSR count). The average Bonchev–Trinajstić information content (AvgIpc) is 3.10. The van der Waals surface area contributed by atoms with Crippen LogP contribution in [-0.4, -0.2) is 28.9 Å². The van der Waals surface area contributed by atoms with Crippen LogP contribution in [0.3, 0.4) is 0 Å². The average molecular weight is 430 g/mol. The number of ether oxygens (including phenoxy) is 1. The topological polar surface area (TPSA) is 141 Å². The van der Waals surface area contributed by atoms with E-state index in [1.807, 2.05) is 32.9 Å². The van der Waals surface area contributed by atoms with E-state index in [0.29, 0.717) is 35.5 Å². The number of amides is 2. The molecule has 1 saturated carbocycles. The second kappa shape index (κ2) is 7.03. The van der Waals surface area contributed by atoms with Crippen molar-refractivity contribution in [3.8, 4) is 17.9 Å². The highest BCUT2D eigenvalue weighted by Crippen LogP contribution is 2.70. The summed E-state index contributed by atoms with van der Waals surface area (Å²) in [4.78, 5) is 35.0. The number of carbonyl (C=O) groups is 2. The van der Waals surface area contributed by atoms with E-state index in [2.05, 4.69) is 20.8 Å². The SMILES string of the molecule is COc1ccc(C(=O)NNC(=O)C23CCC(C)(c4nc(C#N)c(C#N)nc42)C3(C)C)cc1. The first-order valence-electron chi connectivity index (χ1n) is 10.1. The van der Waals surface area contributed by atoms with Crippen molar-refractivity contribution in [1.29, 1.82) is 10.5 Å². The van der Waals surface area contributed by atoms with Crippen molar-refractivity contribution in [2.75, 3.05) is 7.11 Å². The zero-order valence-electron chi connectivity index (χ0n) is 18.2. The van der Waals surface area contributed by atoms with Crippen molar-refractivity contribution in [3.63, 3.8) is 0 Å². The summed E-state index contributed by atoms with van der Waals surface area (Å²) in [6, 6.07) is 10.3. The second-order valence-electron chi connectivity index (χ2n) is 8.84. The van der Waals surface area contributed by atoms with E-state index >= 15 is 0 Å². The largest absolute Gasteiger partial charge is 0.497 e. The van der Waals surface area contributed by atoms with Crippen LogP contribution in [0, 0.1) is 28.1 Å². The maximum absolute atomic E-state index is 13.6. The maximum Gasteiger partial charge on any atom is 0.269 e. The van der Waals surface area contributed by atoms with E-state index < -0.39 is 28.1 Å². The fourth-order valence-electron chi connectivity index (χ4n) is 5.18. The van der Waals surface area contributed by atoms with Gasteiger partial charge >= 0.3 is 0 Å². The van der Waals surface area contributed by atoms with E-state index in [0.717, 1.165) is 0 Å². The number of methoxy groups -OCH3 is 1. The predicted octanol–water partition coefficient (Wildman–Crippen LogP) is 2.02. The molecular weight excluding hydrogens is 408 g/mol. The molecule has 162 valence electrons. The Morgan fingerprint density at radius 3 is 2.12 bits per heavy atom. The Hall–Kier alpha value is -3.98. The Kier molecular flexibility index (Phi) is 4.67. The Bertz CT molecular complexity index is 1220. The minimum absolute atomic E-state index is 0.0424. The lowest BCUT2D eigenvalue weighted by Crippen LogP contribution is -2.55. The first-order valence-corrected chi connectivity index (χ1v) is 10.1. The van der Waals surface area contributed by atoms with Crippen LogP contribution < -0.4 is 15.6 Å². The molecule has 0 spiro atoms. The number of fused-ring (bicyclic) bond motifs is 5. The van der Waals surface area contributed by atoms with Crippen LogP contribution >= 0.6 is 0 Å². The zero-order chi connectivity index (χ0) is 23.3. The van der Waals surface area contributed by atoms with Crippen LogP contribution in [0.4, 0.5) is 0 Å². The van der Waals surface area contributed by atoms with Crippen molar-refractivity contribution >= 4 is 11.8 Å². The van der Waals surface area contributed by atoms with E-state index in [-0.39, 0.29) is 11.4 Å². The number of hydrazine groups is 1. The number of hydrogen-bond donors (Lipinski definition) is 2. The minimum atomic E-state index is -1.10. The van der Waals surface area contributed by atoms with Gasteiger partial charge < -0.3 is 4.74 Å². The van der Waals surface area contributed by atoms with Gasteiger partial charge in [0, 0.05) is 11.0 Å². The lowest BCUT2D eigenvalue weighted by atomic mass is 9.63. The van der Waals surface area contributed by atoms with E-state index in [1.165, 1.54) is 7.11 Å². The number of nitrogens with one attached hydrogen (secondary N) is 2. The van der Waals surface area contributed by atoms with E-state index in [9.17, 15) is 20.1 Å².